The molecule has 0 aliphatic carbocycles. The van der Waals surface area contributed by atoms with Crippen LogP contribution in [0.4, 0.5) is 5.69 Å². The third-order valence-corrected chi connectivity index (χ3v) is 4.22. The van der Waals surface area contributed by atoms with Crippen LogP contribution in [0.1, 0.15) is 18.2 Å². The predicted octanol–water partition coefficient (Wildman–Crippen LogP) is 3.82. The van der Waals surface area contributed by atoms with Crippen LogP contribution in [-0.2, 0) is 11.2 Å². The minimum absolute atomic E-state index is 0.255. The van der Waals surface area contributed by atoms with Gasteiger partial charge in [0, 0.05) is 29.1 Å². The average Bonchev–Trinajstić information content (AvgIpc) is 3.18. The Morgan fingerprint density at radius 2 is 1.96 bits per heavy atom. The summed E-state index contributed by atoms with van der Waals surface area (Å²) >= 11 is 0. The number of benzene rings is 2. The number of fused-ring (bicyclic) bond motifs is 2. The summed E-state index contributed by atoms with van der Waals surface area (Å²) in [5, 5.41) is 3.78. The molecule has 2 aromatic carbocycles. The standard InChI is InChI=1S/C20H17N3O3/c1-2-17-14(13-5-3-4-6-18(13)26-17)8-10-19(24)21-12-7-9-15-16(11-12)23-20(25)22-15/h3-11H,2H2,1H3,(H,21,24)(H2,22,23,25)/b10-8+. The maximum absolute atomic E-state index is 12.3. The van der Waals surface area contributed by atoms with Crippen molar-refractivity contribution < 1.29 is 9.21 Å². The molecule has 4 rings (SSSR count). The van der Waals surface area contributed by atoms with Crippen molar-refractivity contribution in [3.63, 3.8) is 0 Å². The van der Waals surface area contributed by atoms with Gasteiger partial charge in [0.1, 0.15) is 11.3 Å². The van der Waals surface area contributed by atoms with E-state index < -0.39 is 0 Å². The Bertz CT molecular complexity index is 1190. The zero-order chi connectivity index (χ0) is 18.1. The number of hydrogen-bond donors (Lipinski definition) is 3. The number of rotatable bonds is 4. The fourth-order valence-corrected chi connectivity index (χ4v) is 3.01. The fourth-order valence-electron chi connectivity index (χ4n) is 3.01. The van der Waals surface area contributed by atoms with Crippen LogP contribution >= 0.6 is 0 Å². The highest BCUT2D eigenvalue weighted by molar-refractivity contribution is 6.04. The average molecular weight is 347 g/mol. The van der Waals surface area contributed by atoms with E-state index in [1.165, 1.54) is 6.08 Å². The second-order valence-electron chi connectivity index (χ2n) is 5.95. The largest absolute Gasteiger partial charge is 0.460 e. The van der Waals surface area contributed by atoms with E-state index in [0.29, 0.717) is 16.7 Å². The molecule has 6 heteroatoms. The molecule has 6 nitrogen and oxygen atoms in total. The summed E-state index contributed by atoms with van der Waals surface area (Å²) in [5.74, 6) is 0.594. The van der Waals surface area contributed by atoms with E-state index in [1.54, 1.807) is 24.3 Å². The van der Waals surface area contributed by atoms with Gasteiger partial charge in [-0.3, -0.25) is 4.79 Å². The minimum Gasteiger partial charge on any atom is -0.460 e. The van der Waals surface area contributed by atoms with Gasteiger partial charge in [0.15, 0.2) is 0 Å². The minimum atomic E-state index is -0.276. The predicted molar refractivity (Wildman–Crippen MR) is 102 cm³/mol. The molecule has 1 amide bonds. The van der Waals surface area contributed by atoms with Crippen LogP contribution in [0.3, 0.4) is 0 Å². The van der Waals surface area contributed by atoms with Gasteiger partial charge in [0.25, 0.3) is 0 Å². The third-order valence-electron chi connectivity index (χ3n) is 4.22. The van der Waals surface area contributed by atoms with Crippen molar-refractivity contribution in [1.82, 2.24) is 9.97 Å². The molecule has 0 radical (unpaired) electrons. The molecule has 2 heterocycles. The van der Waals surface area contributed by atoms with Gasteiger partial charge in [-0.1, -0.05) is 25.1 Å². The molecule has 0 aliphatic heterocycles. The zero-order valence-corrected chi connectivity index (χ0v) is 14.1. The maximum Gasteiger partial charge on any atom is 0.323 e. The van der Waals surface area contributed by atoms with E-state index in [-0.39, 0.29) is 11.6 Å². The number of hydrogen-bond acceptors (Lipinski definition) is 3. The van der Waals surface area contributed by atoms with Gasteiger partial charge in [-0.05, 0) is 30.3 Å². The highest BCUT2D eigenvalue weighted by Gasteiger charge is 2.10. The first-order chi connectivity index (χ1) is 12.6. The lowest BCUT2D eigenvalue weighted by molar-refractivity contribution is -0.111. The summed E-state index contributed by atoms with van der Waals surface area (Å²) in [6.45, 7) is 2.02. The second-order valence-corrected chi connectivity index (χ2v) is 5.95. The summed E-state index contributed by atoms with van der Waals surface area (Å²) in [4.78, 5) is 28.9. The molecule has 0 saturated carbocycles. The SMILES string of the molecule is CCc1oc2ccccc2c1/C=C/C(=O)Nc1ccc2[nH]c(=O)[nH]c2c1. The third kappa shape index (κ3) is 2.93. The van der Waals surface area contributed by atoms with Gasteiger partial charge in [-0.15, -0.1) is 0 Å². The highest BCUT2D eigenvalue weighted by Crippen LogP contribution is 2.27. The van der Waals surface area contributed by atoms with Crippen molar-refractivity contribution in [2.75, 3.05) is 5.32 Å². The maximum atomic E-state index is 12.3. The Morgan fingerprint density at radius 3 is 2.81 bits per heavy atom. The van der Waals surface area contributed by atoms with Crippen molar-refractivity contribution in [3.8, 4) is 0 Å². The monoisotopic (exact) mass is 347 g/mol. The highest BCUT2D eigenvalue weighted by atomic mass is 16.3. The summed E-state index contributed by atoms with van der Waals surface area (Å²) < 4.78 is 5.83. The van der Waals surface area contributed by atoms with Gasteiger partial charge >= 0.3 is 5.69 Å². The molecule has 0 aliphatic rings. The molecular formula is C20H17N3O3. The van der Waals surface area contributed by atoms with E-state index in [2.05, 4.69) is 15.3 Å². The van der Waals surface area contributed by atoms with Crippen LogP contribution in [0.2, 0.25) is 0 Å². The number of nitrogens with one attached hydrogen (secondary N) is 3. The van der Waals surface area contributed by atoms with Gasteiger partial charge in [-0.2, -0.15) is 0 Å². The Labute approximate surface area is 148 Å². The molecule has 0 atom stereocenters. The van der Waals surface area contributed by atoms with Crippen LogP contribution in [0.25, 0.3) is 28.1 Å². The molecule has 0 spiro atoms. The van der Waals surface area contributed by atoms with Crippen LogP contribution in [0.5, 0.6) is 0 Å². The number of aryl methyl sites for hydroxylation is 1. The number of furan rings is 1. The quantitative estimate of drug-likeness (QED) is 0.490. The molecule has 4 aromatic rings. The number of aromatic amines is 2. The van der Waals surface area contributed by atoms with Crippen LogP contribution in [-0.4, -0.2) is 15.9 Å². The lowest BCUT2D eigenvalue weighted by Gasteiger charge is -2.02. The lowest BCUT2D eigenvalue weighted by Crippen LogP contribution is -2.07. The van der Waals surface area contributed by atoms with Gasteiger partial charge < -0.3 is 19.7 Å². The normalized spacial score (nSPS) is 11.6. The number of amides is 1. The molecule has 2 aromatic heterocycles. The number of carbonyl (C=O) groups is 1. The number of anilines is 1. The molecule has 0 saturated heterocycles. The summed E-state index contributed by atoms with van der Waals surface area (Å²) in [5.41, 5.74) is 3.40. The summed E-state index contributed by atoms with van der Waals surface area (Å²) in [6.07, 6.45) is 4.00. The fraction of sp³-hybridized carbons (Fsp3) is 0.100. The van der Waals surface area contributed by atoms with Crippen LogP contribution in [0, 0.1) is 0 Å². The van der Waals surface area contributed by atoms with Gasteiger partial charge in [0.05, 0.1) is 11.0 Å². The zero-order valence-electron chi connectivity index (χ0n) is 14.1. The summed E-state index contributed by atoms with van der Waals surface area (Å²) in [7, 11) is 0. The van der Waals surface area contributed by atoms with Crippen molar-refractivity contribution >= 4 is 39.7 Å². The Morgan fingerprint density at radius 1 is 1.15 bits per heavy atom. The molecule has 3 N–H and O–H groups in total. The second kappa shape index (κ2) is 6.40. The first-order valence-electron chi connectivity index (χ1n) is 8.35. The van der Waals surface area contributed by atoms with Gasteiger partial charge in [-0.25, -0.2) is 4.79 Å². The number of para-hydroxylation sites is 1. The van der Waals surface area contributed by atoms with E-state index >= 15 is 0 Å². The number of carbonyl (C=O) groups excluding carboxylic acids is 1. The number of imidazole rings is 1. The topological polar surface area (TPSA) is 90.9 Å². The Balaban J connectivity index is 1.58. The Kier molecular flexibility index (Phi) is 3.93. The number of H-pyrrole nitrogens is 2. The Hall–Kier alpha value is -3.54. The smallest absolute Gasteiger partial charge is 0.323 e. The van der Waals surface area contributed by atoms with E-state index in [1.807, 2.05) is 31.2 Å². The van der Waals surface area contributed by atoms with Crippen LogP contribution < -0.4 is 11.0 Å². The van der Waals surface area contributed by atoms with E-state index in [4.69, 9.17) is 4.42 Å². The molecule has 0 fully saturated rings. The lowest BCUT2D eigenvalue weighted by atomic mass is 10.1. The molecule has 0 bridgehead atoms. The number of aromatic nitrogens is 2. The van der Waals surface area contributed by atoms with Crippen molar-refractivity contribution in [2.24, 2.45) is 0 Å². The van der Waals surface area contributed by atoms with E-state index in [0.717, 1.165) is 28.7 Å². The molecule has 26 heavy (non-hydrogen) atoms. The molecule has 130 valence electrons. The van der Waals surface area contributed by atoms with Crippen LogP contribution in [0.15, 0.2) is 57.8 Å². The van der Waals surface area contributed by atoms with Gasteiger partial charge in [0.2, 0.25) is 5.91 Å². The first kappa shape index (κ1) is 16.0. The van der Waals surface area contributed by atoms with Crippen molar-refractivity contribution in [1.29, 1.82) is 0 Å². The molecular weight excluding hydrogens is 330 g/mol. The molecule has 0 unspecified atom stereocenters. The van der Waals surface area contributed by atoms with Crippen molar-refractivity contribution in [2.45, 2.75) is 13.3 Å². The summed E-state index contributed by atoms with van der Waals surface area (Å²) in [6, 6.07) is 13.0. The van der Waals surface area contributed by atoms with Crippen molar-refractivity contribution in [3.05, 3.63) is 70.3 Å². The first-order valence-corrected chi connectivity index (χ1v) is 8.35. The van der Waals surface area contributed by atoms with E-state index in [9.17, 15) is 9.59 Å².